The van der Waals surface area contributed by atoms with Crippen LogP contribution >= 0.6 is 11.8 Å². The SMILES string of the molecule is CSc1ccccc1C(=O)NCCN. The number of carbonyl (C=O) groups excluding carboxylic acids is 1. The molecule has 1 amide bonds. The molecule has 4 heteroatoms. The minimum atomic E-state index is -0.0552. The molecule has 3 N–H and O–H groups in total. The molecule has 1 aromatic carbocycles. The number of rotatable bonds is 4. The number of thioether (sulfide) groups is 1. The molecule has 76 valence electrons. The number of nitrogens with one attached hydrogen (secondary N) is 1. The Kier molecular flexibility index (Phi) is 4.49. The lowest BCUT2D eigenvalue weighted by molar-refractivity contribution is 0.0952. The lowest BCUT2D eigenvalue weighted by Gasteiger charge is -2.06. The summed E-state index contributed by atoms with van der Waals surface area (Å²) < 4.78 is 0. The van der Waals surface area contributed by atoms with Crippen LogP contribution in [0.5, 0.6) is 0 Å². The maximum absolute atomic E-state index is 11.6. The Balaban J connectivity index is 2.78. The fourth-order valence-corrected chi connectivity index (χ4v) is 1.71. The van der Waals surface area contributed by atoms with Crippen molar-refractivity contribution in [1.29, 1.82) is 0 Å². The number of benzene rings is 1. The molecule has 0 saturated carbocycles. The molecule has 0 bridgehead atoms. The van der Waals surface area contributed by atoms with E-state index in [2.05, 4.69) is 5.32 Å². The van der Waals surface area contributed by atoms with Gasteiger partial charge in [0.2, 0.25) is 0 Å². The quantitative estimate of drug-likeness (QED) is 0.732. The highest BCUT2D eigenvalue weighted by molar-refractivity contribution is 7.98. The van der Waals surface area contributed by atoms with Gasteiger partial charge in [0.1, 0.15) is 0 Å². The van der Waals surface area contributed by atoms with Crippen molar-refractivity contribution in [3.63, 3.8) is 0 Å². The van der Waals surface area contributed by atoms with Gasteiger partial charge in [0.25, 0.3) is 5.91 Å². The molecule has 0 fully saturated rings. The van der Waals surface area contributed by atoms with Gasteiger partial charge in [-0.05, 0) is 18.4 Å². The lowest BCUT2D eigenvalue weighted by atomic mass is 10.2. The highest BCUT2D eigenvalue weighted by Gasteiger charge is 2.08. The Morgan fingerprint density at radius 1 is 1.50 bits per heavy atom. The molecule has 0 aliphatic carbocycles. The van der Waals surface area contributed by atoms with Crippen LogP contribution in [0.1, 0.15) is 10.4 Å². The van der Waals surface area contributed by atoms with Crippen molar-refractivity contribution < 1.29 is 4.79 Å². The molecule has 0 spiro atoms. The van der Waals surface area contributed by atoms with Gasteiger partial charge in [0.05, 0.1) is 5.56 Å². The monoisotopic (exact) mass is 210 g/mol. The van der Waals surface area contributed by atoms with Crippen LogP contribution in [0.15, 0.2) is 29.2 Å². The van der Waals surface area contributed by atoms with E-state index in [4.69, 9.17) is 5.73 Å². The maximum Gasteiger partial charge on any atom is 0.252 e. The van der Waals surface area contributed by atoms with Crippen molar-refractivity contribution in [3.05, 3.63) is 29.8 Å². The zero-order valence-electron chi connectivity index (χ0n) is 8.12. The van der Waals surface area contributed by atoms with Crippen LogP contribution in [-0.4, -0.2) is 25.3 Å². The van der Waals surface area contributed by atoms with Crippen LogP contribution in [0, 0.1) is 0 Å². The molecule has 3 nitrogen and oxygen atoms in total. The fraction of sp³-hybridized carbons (Fsp3) is 0.300. The van der Waals surface area contributed by atoms with Crippen molar-refractivity contribution in [3.8, 4) is 0 Å². The topological polar surface area (TPSA) is 55.1 Å². The van der Waals surface area contributed by atoms with Gasteiger partial charge in [-0.2, -0.15) is 0 Å². The van der Waals surface area contributed by atoms with Gasteiger partial charge in [-0.1, -0.05) is 12.1 Å². The first-order valence-corrected chi connectivity index (χ1v) is 5.63. The highest BCUT2D eigenvalue weighted by atomic mass is 32.2. The van der Waals surface area contributed by atoms with Crippen molar-refractivity contribution in [2.24, 2.45) is 5.73 Å². The summed E-state index contributed by atoms with van der Waals surface area (Å²) in [5, 5.41) is 2.75. The zero-order chi connectivity index (χ0) is 10.4. The molecule has 0 saturated heterocycles. The van der Waals surface area contributed by atoms with Gasteiger partial charge in [-0.15, -0.1) is 11.8 Å². The number of hydrogen-bond donors (Lipinski definition) is 2. The number of amides is 1. The number of carbonyl (C=O) groups is 1. The van der Waals surface area contributed by atoms with E-state index in [-0.39, 0.29) is 5.91 Å². The molecule has 14 heavy (non-hydrogen) atoms. The van der Waals surface area contributed by atoms with Gasteiger partial charge < -0.3 is 11.1 Å². The molecule has 0 radical (unpaired) electrons. The molecule has 0 heterocycles. The summed E-state index contributed by atoms with van der Waals surface area (Å²) in [6.07, 6.45) is 1.95. The zero-order valence-corrected chi connectivity index (χ0v) is 8.93. The molecule has 0 aliphatic heterocycles. The number of nitrogens with two attached hydrogens (primary N) is 1. The summed E-state index contributed by atoms with van der Waals surface area (Å²) in [4.78, 5) is 12.6. The van der Waals surface area contributed by atoms with Gasteiger partial charge in [-0.25, -0.2) is 0 Å². The smallest absolute Gasteiger partial charge is 0.252 e. The van der Waals surface area contributed by atoms with Gasteiger partial charge >= 0.3 is 0 Å². The van der Waals surface area contributed by atoms with E-state index in [1.807, 2.05) is 30.5 Å². The first-order chi connectivity index (χ1) is 6.79. The average molecular weight is 210 g/mol. The fourth-order valence-electron chi connectivity index (χ4n) is 1.11. The molecule has 0 aliphatic rings. The van der Waals surface area contributed by atoms with Crippen LogP contribution in [0.2, 0.25) is 0 Å². The van der Waals surface area contributed by atoms with E-state index >= 15 is 0 Å². The van der Waals surface area contributed by atoms with E-state index in [9.17, 15) is 4.79 Å². The normalized spacial score (nSPS) is 9.86. The third-order valence-electron chi connectivity index (χ3n) is 1.78. The Morgan fingerprint density at radius 2 is 2.21 bits per heavy atom. The van der Waals surface area contributed by atoms with E-state index in [0.717, 1.165) is 4.90 Å². The van der Waals surface area contributed by atoms with Crippen molar-refractivity contribution in [2.45, 2.75) is 4.90 Å². The molecule has 0 aromatic heterocycles. The Labute approximate surface area is 88.1 Å². The summed E-state index contributed by atoms with van der Waals surface area (Å²) in [7, 11) is 0. The molecule has 0 unspecified atom stereocenters. The lowest BCUT2D eigenvalue weighted by Crippen LogP contribution is -2.29. The maximum atomic E-state index is 11.6. The molecular weight excluding hydrogens is 196 g/mol. The van der Waals surface area contributed by atoms with Crippen molar-refractivity contribution in [2.75, 3.05) is 19.3 Å². The summed E-state index contributed by atoms with van der Waals surface area (Å²) >= 11 is 1.57. The average Bonchev–Trinajstić information content (AvgIpc) is 2.25. The summed E-state index contributed by atoms with van der Waals surface area (Å²) in [6, 6.07) is 7.53. The molecule has 0 atom stereocenters. The third kappa shape index (κ3) is 2.75. The van der Waals surface area contributed by atoms with Crippen LogP contribution < -0.4 is 11.1 Å². The second-order valence-electron chi connectivity index (χ2n) is 2.74. The number of hydrogen-bond acceptors (Lipinski definition) is 3. The molecule has 1 rings (SSSR count). The first kappa shape index (κ1) is 11.1. The van der Waals surface area contributed by atoms with E-state index in [0.29, 0.717) is 18.7 Å². The minimum Gasteiger partial charge on any atom is -0.351 e. The predicted octanol–water partition coefficient (Wildman–Crippen LogP) is 1.10. The molecular formula is C10H14N2OS. The van der Waals surface area contributed by atoms with Crippen LogP contribution in [0.4, 0.5) is 0 Å². The summed E-state index contributed by atoms with van der Waals surface area (Å²) in [5.74, 6) is -0.0552. The minimum absolute atomic E-state index is 0.0552. The van der Waals surface area contributed by atoms with E-state index < -0.39 is 0 Å². The Hall–Kier alpha value is -1.00. The molecule has 1 aromatic rings. The van der Waals surface area contributed by atoms with E-state index in [1.165, 1.54) is 0 Å². The first-order valence-electron chi connectivity index (χ1n) is 4.41. The summed E-state index contributed by atoms with van der Waals surface area (Å²) in [6.45, 7) is 0.981. The standard InChI is InChI=1S/C10H14N2OS/c1-14-9-5-3-2-4-8(9)10(13)12-7-6-11/h2-5H,6-7,11H2,1H3,(H,12,13). The van der Waals surface area contributed by atoms with E-state index in [1.54, 1.807) is 11.8 Å². The van der Waals surface area contributed by atoms with Gasteiger partial charge in [0, 0.05) is 18.0 Å². The highest BCUT2D eigenvalue weighted by Crippen LogP contribution is 2.19. The predicted molar refractivity (Wildman–Crippen MR) is 59.6 cm³/mol. The summed E-state index contributed by atoms with van der Waals surface area (Å²) in [5.41, 5.74) is 6.02. The van der Waals surface area contributed by atoms with Crippen LogP contribution in [-0.2, 0) is 0 Å². The second kappa shape index (κ2) is 5.67. The Morgan fingerprint density at radius 3 is 2.86 bits per heavy atom. The van der Waals surface area contributed by atoms with Crippen LogP contribution in [0.25, 0.3) is 0 Å². The van der Waals surface area contributed by atoms with Crippen LogP contribution in [0.3, 0.4) is 0 Å². The second-order valence-corrected chi connectivity index (χ2v) is 3.59. The Bertz CT molecular complexity index is 315. The van der Waals surface area contributed by atoms with Gasteiger partial charge in [0.15, 0.2) is 0 Å². The largest absolute Gasteiger partial charge is 0.351 e. The third-order valence-corrected chi connectivity index (χ3v) is 2.58. The van der Waals surface area contributed by atoms with Crippen molar-refractivity contribution >= 4 is 17.7 Å². The van der Waals surface area contributed by atoms with Crippen molar-refractivity contribution in [1.82, 2.24) is 5.32 Å². The van der Waals surface area contributed by atoms with Gasteiger partial charge in [-0.3, -0.25) is 4.79 Å².